The lowest BCUT2D eigenvalue weighted by molar-refractivity contribution is -0.223. The lowest BCUT2D eigenvalue weighted by atomic mass is 9.56. The molecule has 2 aliphatic carbocycles. The molecule has 0 saturated heterocycles. The zero-order chi connectivity index (χ0) is 38.7. The highest BCUT2D eigenvalue weighted by Gasteiger charge is 2.64. The molecule has 0 bridgehead atoms. The normalized spacial score (nSPS) is 24.4. The van der Waals surface area contributed by atoms with E-state index in [2.05, 4.69) is 53.0 Å². The molecule has 6 atom stereocenters. The third-order valence-electron chi connectivity index (χ3n) is 11.3. The minimum atomic E-state index is -1.03. The van der Waals surface area contributed by atoms with Gasteiger partial charge in [0.05, 0.1) is 29.2 Å². The fourth-order valence-corrected chi connectivity index (χ4v) is 10.3. The summed E-state index contributed by atoms with van der Waals surface area (Å²) in [6.07, 6.45) is 15.9. The Morgan fingerprint density at radius 2 is 1.71 bits per heavy atom. The van der Waals surface area contributed by atoms with Crippen molar-refractivity contribution < 1.29 is 29.3 Å². The van der Waals surface area contributed by atoms with E-state index in [0.717, 1.165) is 102 Å². The quantitative estimate of drug-likeness (QED) is 0.0547. The van der Waals surface area contributed by atoms with Crippen LogP contribution < -0.4 is 9.47 Å². The third-order valence-corrected chi connectivity index (χ3v) is 12.7. The first kappa shape index (κ1) is 39.7. The maximum absolute atomic E-state index is 9.90. The van der Waals surface area contributed by atoms with E-state index in [9.17, 15) is 10.2 Å². The maximum atomic E-state index is 9.90. The second kappa shape index (κ2) is 19.1. The fraction of sp³-hybridized carbons (Fsp3) is 0.413. The van der Waals surface area contributed by atoms with Crippen molar-refractivity contribution in [2.45, 2.75) is 68.3 Å². The average molecular weight is 776 g/mol. The number of allylic oxidation sites excluding steroid dienone is 1. The number of nitrogens with zero attached hydrogens (tertiary/aromatic N) is 3. The van der Waals surface area contributed by atoms with Crippen molar-refractivity contribution in [1.29, 1.82) is 0 Å². The smallest absolute Gasteiger partial charge is 0.230 e. The summed E-state index contributed by atoms with van der Waals surface area (Å²) in [5.41, 5.74) is 6.32. The second-order valence-electron chi connectivity index (χ2n) is 14.7. The number of aliphatic hydroxyl groups excluding tert-OH is 2. The molecule has 2 heterocycles. The number of oxime groups is 1. The van der Waals surface area contributed by atoms with Crippen LogP contribution in [0.2, 0.25) is 0 Å². The Morgan fingerprint density at radius 3 is 2.45 bits per heavy atom. The Kier molecular flexibility index (Phi) is 13.6. The van der Waals surface area contributed by atoms with Crippen LogP contribution >= 0.6 is 11.8 Å². The molecule has 10 heteroatoms. The van der Waals surface area contributed by atoms with Gasteiger partial charge in [0, 0.05) is 56.1 Å². The van der Waals surface area contributed by atoms with E-state index < -0.39 is 5.79 Å². The molecule has 7 rings (SSSR count). The summed E-state index contributed by atoms with van der Waals surface area (Å²) in [6, 6.07) is 24.7. The molecule has 4 aromatic rings. The zero-order valence-electron chi connectivity index (χ0n) is 32.2. The van der Waals surface area contributed by atoms with Gasteiger partial charge in [-0.2, -0.15) is 11.8 Å². The van der Waals surface area contributed by atoms with E-state index in [1.54, 1.807) is 25.6 Å². The van der Waals surface area contributed by atoms with Crippen LogP contribution in [-0.2, 0) is 16.0 Å². The van der Waals surface area contributed by atoms with Crippen LogP contribution in [0.15, 0.2) is 121 Å². The molecule has 1 fully saturated rings. The van der Waals surface area contributed by atoms with Crippen LogP contribution in [0.5, 0.6) is 17.2 Å². The lowest BCUT2D eigenvalue weighted by Gasteiger charge is -2.58. The molecular formula is C46H53N3O6S. The van der Waals surface area contributed by atoms with Crippen LogP contribution in [0.25, 0.3) is 11.1 Å². The summed E-state index contributed by atoms with van der Waals surface area (Å²) in [7, 11) is 1.61. The number of thioether (sulfide) groups is 1. The van der Waals surface area contributed by atoms with E-state index in [-0.39, 0.29) is 42.1 Å². The van der Waals surface area contributed by atoms with Crippen LogP contribution in [0, 0.1) is 17.8 Å². The van der Waals surface area contributed by atoms with Crippen molar-refractivity contribution in [2.24, 2.45) is 22.9 Å². The molecule has 2 N–H and O–H groups in total. The predicted octanol–water partition coefficient (Wildman–Crippen LogP) is 9.18. The molecule has 3 aliphatic rings. The minimum Gasteiger partial charge on any atom is -0.460 e. The molecule has 56 heavy (non-hydrogen) atoms. The van der Waals surface area contributed by atoms with Crippen molar-refractivity contribution in [3.05, 3.63) is 127 Å². The van der Waals surface area contributed by atoms with Crippen molar-refractivity contribution in [3.8, 4) is 28.4 Å². The van der Waals surface area contributed by atoms with E-state index in [4.69, 9.17) is 24.2 Å². The molecule has 3 aromatic carbocycles. The van der Waals surface area contributed by atoms with Crippen molar-refractivity contribution >= 4 is 17.5 Å². The maximum Gasteiger partial charge on any atom is 0.230 e. The van der Waals surface area contributed by atoms with Crippen LogP contribution in [0.1, 0.15) is 62.1 Å². The van der Waals surface area contributed by atoms with Gasteiger partial charge in [-0.25, -0.2) is 0 Å². The van der Waals surface area contributed by atoms with Crippen LogP contribution in [0.4, 0.5) is 0 Å². The minimum absolute atomic E-state index is 0.0177. The predicted molar refractivity (Wildman–Crippen MR) is 222 cm³/mol. The molecule has 0 amide bonds. The molecule has 6 unspecified atom stereocenters. The number of aromatic nitrogens is 2. The Morgan fingerprint density at radius 1 is 0.946 bits per heavy atom. The van der Waals surface area contributed by atoms with E-state index in [1.807, 2.05) is 60.4 Å². The summed E-state index contributed by atoms with van der Waals surface area (Å²) in [5, 5.41) is 24.2. The Labute approximate surface area is 334 Å². The highest BCUT2D eigenvalue weighted by molar-refractivity contribution is 8.00. The lowest BCUT2D eigenvalue weighted by Crippen LogP contribution is -2.64. The number of benzene rings is 3. The van der Waals surface area contributed by atoms with Crippen molar-refractivity contribution in [3.63, 3.8) is 0 Å². The summed E-state index contributed by atoms with van der Waals surface area (Å²) in [6.45, 7) is 4.67. The first-order valence-corrected chi connectivity index (χ1v) is 20.9. The van der Waals surface area contributed by atoms with Gasteiger partial charge in [-0.15, -0.1) is 6.58 Å². The highest BCUT2D eigenvalue weighted by Crippen LogP contribution is 2.62. The SMILES string of the molecule is C=CCOC12Oc3ccc(Oc4ccc(-c5ccccc5)cc4)cc3C3C(CCCCO)C(CCCCO)C=C(C(=NOC)CC1SCCc1cnccn1)C32. The molecule has 0 radical (unpaired) electrons. The summed E-state index contributed by atoms with van der Waals surface area (Å²) in [5.74, 6) is 2.22. The molecule has 1 aliphatic heterocycles. The van der Waals surface area contributed by atoms with Gasteiger partial charge in [0.25, 0.3) is 0 Å². The summed E-state index contributed by atoms with van der Waals surface area (Å²) < 4.78 is 20.9. The Hall–Kier alpha value is -4.48. The second-order valence-corrected chi connectivity index (χ2v) is 16.0. The molecule has 0 spiro atoms. The monoisotopic (exact) mass is 775 g/mol. The van der Waals surface area contributed by atoms with Crippen molar-refractivity contribution in [2.75, 3.05) is 32.7 Å². The summed E-state index contributed by atoms with van der Waals surface area (Å²) >= 11 is 1.81. The number of aryl methyl sites for hydroxylation is 1. The summed E-state index contributed by atoms with van der Waals surface area (Å²) in [4.78, 5) is 14.4. The van der Waals surface area contributed by atoms with E-state index >= 15 is 0 Å². The van der Waals surface area contributed by atoms with E-state index in [0.29, 0.717) is 13.0 Å². The van der Waals surface area contributed by atoms with E-state index in [1.165, 1.54) is 0 Å². The van der Waals surface area contributed by atoms with Gasteiger partial charge in [-0.3, -0.25) is 9.97 Å². The van der Waals surface area contributed by atoms with Crippen LogP contribution in [-0.4, -0.2) is 69.6 Å². The first-order valence-electron chi connectivity index (χ1n) is 19.9. The topological polar surface area (TPSA) is 116 Å². The molecular weight excluding hydrogens is 723 g/mol. The van der Waals surface area contributed by atoms with Gasteiger partial charge < -0.3 is 29.3 Å². The largest absolute Gasteiger partial charge is 0.460 e. The van der Waals surface area contributed by atoms with Gasteiger partial charge in [0.15, 0.2) is 0 Å². The van der Waals surface area contributed by atoms with Gasteiger partial charge in [0.2, 0.25) is 5.79 Å². The molecule has 294 valence electrons. The number of unbranched alkanes of at least 4 members (excludes halogenated alkanes) is 2. The Bertz CT molecular complexity index is 1940. The number of rotatable bonds is 19. The number of hydrogen-bond donors (Lipinski definition) is 2. The average Bonchev–Trinajstić information content (AvgIpc) is 3.23. The number of ether oxygens (including phenoxy) is 3. The molecule has 1 aromatic heterocycles. The standard InChI is InChI=1S/C46H53N3O6S/c1-3-26-53-46-43(56-27-21-35-31-47-22-23-48-35)30-41(49-52-2)39-28-34(13-7-9-24-50)38(14-8-10-25-51)44(45(39)46)40-29-37(19-20-42(40)55-46)54-36-17-15-33(16-18-36)32-11-5-4-6-12-32/h3-6,11-12,15-20,22-23,28-29,31,34,38,43-45,50-51H,1,7-10,13-14,21,24-27,30H2,2H3. The number of fused-ring (bicyclic) bond motifs is 2. The molecule has 1 saturated carbocycles. The molecule has 9 nitrogen and oxygen atoms in total. The zero-order valence-corrected chi connectivity index (χ0v) is 33.0. The fourth-order valence-electron chi connectivity index (χ4n) is 8.90. The van der Waals surface area contributed by atoms with Gasteiger partial charge in [-0.05, 0) is 90.3 Å². The Balaban J connectivity index is 1.31. The highest BCUT2D eigenvalue weighted by atomic mass is 32.2. The van der Waals surface area contributed by atoms with Gasteiger partial charge >= 0.3 is 0 Å². The third kappa shape index (κ3) is 8.74. The van der Waals surface area contributed by atoms with Gasteiger partial charge in [-0.1, -0.05) is 72.6 Å². The number of aliphatic hydroxyl groups is 2. The van der Waals surface area contributed by atoms with Crippen molar-refractivity contribution in [1.82, 2.24) is 9.97 Å². The van der Waals surface area contributed by atoms with Gasteiger partial charge in [0.1, 0.15) is 24.4 Å². The first-order chi connectivity index (χ1) is 27.6. The van der Waals surface area contributed by atoms with Crippen LogP contribution in [0.3, 0.4) is 0 Å². The number of hydrogen-bond acceptors (Lipinski definition) is 10.